The molecule has 0 saturated heterocycles. The number of amides is 2. The number of rotatable bonds is 6. The molecule has 2 atom stereocenters. The molecule has 1 rings (SSSR count). The maximum absolute atomic E-state index is 11.8. The smallest absolute Gasteiger partial charge is 0.326 e. The fourth-order valence-electron chi connectivity index (χ4n) is 1.79. The van der Waals surface area contributed by atoms with Crippen molar-refractivity contribution in [3.63, 3.8) is 0 Å². The van der Waals surface area contributed by atoms with Crippen LogP contribution in [0.15, 0.2) is 24.3 Å². The number of benzene rings is 1. The van der Waals surface area contributed by atoms with Crippen LogP contribution in [0.2, 0.25) is 0 Å². The van der Waals surface area contributed by atoms with Gasteiger partial charge in [-0.25, -0.2) is 9.59 Å². The van der Waals surface area contributed by atoms with Gasteiger partial charge in [0.15, 0.2) is 0 Å². The highest BCUT2D eigenvalue weighted by Gasteiger charge is 2.25. The van der Waals surface area contributed by atoms with Gasteiger partial charge in [0.2, 0.25) is 0 Å². The van der Waals surface area contributed by atoms with Crippen molar-refractivity contribution in [2.24, 2.45) is 5.92 Å². The first-order valence-corrected chi connectivity index (χ1v) is 6.74. The van der Waals surface area contributed by atoms with E-state index in [1.54, 1.807) is 31.2 Å². The fourth-order valence-corrected chi connectivity index (χ4v) is 1.79. The first-order chi connectivity index (χ1) is 9.97. The predicted molar refractivity (Wildman–Crippen MR) is 78.8 cm³/mol. The van der Waals surface area contributed by atoms with Gasteiger partial charge in [-0.2, -0.15) is 5.26 Å². The van der Waals surface area contributed by atoms with E-state index in [4.69, 9.17) is 10.4 Å². The van der Waals surface area contributed by atoms with Gasteiger partial charge >= 0.3 is 12.0 Å². The van der Waals surface area contributed by atoms with E-state index in [-0.39, 0.29) is 5.92 Å². The quantitative estimate of drug-likeness (QED) is 0.748. The largest absolute Gasteiger partial charge is 0.480 e. The van der Waals surface area contributed by atoms with Gasteiger partial charge in [-0.1, -0.05) is 32.4 Å². The summed E-state index contributed by atoms with van der Waals surface area (Å²) in [5, 5.41) is 22.7. The van der Waals surface area contributed by atoms with Crippen LogP contribution in [-0.4, -0.2) is 23.1 Å². The molecule has 0 bridgehead atoms. The molecule has 0 aliphatic rings. The van der Waals surface area contributed by atoms with Crippen LogP contribution in [-0.2, 0) is 11.2 Å². The van der Waals surface area contributed by atoms with Crippen molar-refractivity contribution >= 4 is 17.7 Å². The predicted octanol–water partition coefficient (Wildman–Crippen LogP) is 2.37. The minimum absolute atomic E-state index is 0.161. The Morgan fingerprint density at radius 3 is 2.43 bits per heavy atom. The Hall–Kier alpha value is -2.55. The summed E-state index contributed by atoms with van der Waals surface area (Å²) >= 11 is 0. The lowest BCUT2D eigenvalue weighted by molar-refractivity contribution is -0.140. The highest BCUT2D eigenvalue weighted by Crippen LogP contribution is 2.11. The van der Waals surface area contributed by atoms with Crippen LogP contribution < -0.4 is 10.6 Å². The highest BCUT2D eigenvalue weighted by atomic mass is 16.4. The van der Waals surface area contributed by atoms with Crippen LogP contribution in [0.25, 0.3) is 0 Å². The van der Waals surface area contributed by atoms with E-state index in [0.29, 0.717) is 18.5 Å². The van der Waals surface area contributed by atoms with Crippen LogP contribution in [0.3, 0.4) is 0 Å². The number of nitrogens with one attached hydrogen (secondary N) is 2. The van der Waals surface area contributed by atoms with E-state index in [1.165, 1.54) is 0 Å². The number of hydrogen-bond acceptors (Lipinski definition) is 3. The molecule has 0 fully saturated rings. The molecular weight excluding hydrogens is 270 g/mol. The van der Waals surface area contributed by atoms with E-state index in [9.17, 15) is 9.59 Å². The highest BCUT2D eigenvalue weighted by molar-refractivity contribution is 5.92. The number of nitrogens with zero attached hydrogens (tertiary/aromatic N) is 1. The Bertz CT molecular complexity index is 534. The van der Waals surface area contributed by atoms with Gasteiger partial charge in [-0.05, 0) is 23.6 Å². The van der Waals surface area contributed by atoms with Crippen LogP contribution in [0.1, 0.15) is 25.8 Å². The third-order valence-corrected chi connectivity index (χ3v) is 3.26. The summed E-state index contributed by atoms with van der Waals surface area (Å²) in [5.74, 6) is -1.21. The number of carboxylic acid groups (broad SMARTS) is 1. The summed E-state index contributed by atoms with van der Waals surface area (Å²) in [6.45, 7) is 3.64. The molecule has 0 aliphatic carbocycles. The summed E-state index contributed by atoms with van der Waals surface area (Å²) in [5.41, 5.74) is 1.40. The maximum Gasteiger partial charge on any atom is 0.326 e. The molecule has 2 amide bonds. The minimum Gasteiger partial charge on any atom is -0.480 e. The van der Waals surface area contributed by atoms with Crippen molar-refractivity contribution in [3.05, 3.63) is 29.8 Å². The number of anilines is 1. The Labute approximate surface area is 123 Å². The topological polar surface area (TPSA) is 102 Å². The van der Waals surface area contributed by atoms with Gasteiger partial charge in [0, 0.05) is 5.69 Å². The van der Waals surface area contributed by atoms with E-state index < -0.39 is 18.0 Å². The molecule has 0 aliphatic heterocycles. The molecule has 1 aromatic carbocycles. The molecular formula is C15H19N3O3. The van der Waals surface area contributed by atoms with E-state index in [1.807, 2.05) is 13.0 Å². The van der Waals surface area contributed by atoms with Crippen LogP contribution in [0, 0.1) is 17.2 Å². The molecule has 112 valence electrons. The molecule has 0 heterocycles. The standard InChI is InChI=1S/C15H19N3O3/c1-3-10(2)13(14(19)20)18-15(21)17-12-6-4-11(5-7-12)8-9-16/h4-7,10,13H,3,8H2,1-2H3,(H,19,20)(H2,17,18,21). The second kappa shape index (κ2) is 7.90. The first kappa shape index (κ1) is 16.5. The van der Waals surface area contributed by atoms with Crippen LogP contribution >= 0.6 is 0 Å². The average Bonchev–Trinajstić information content (AvgIpc) is 2.46. The zero-order chi connectivity index (χ0) is 15.8. The third-order valence-electron chi connectivity index (χ3n) is 3.26. The number of nitriles is 1. The van der Waals surface area contributed by atoms with Crippen molar-refractivity contribution in [1.82, 2.24) is 5.32 Å². The van der Waals surface area contributed by atoms with Gasteiger partial charge in [0.05, 0.1) is 12.5 Å². The lowest BCUT2D eigenvalue weighted by Gasteiger charge is -2.20. The summed E-state index contributed by atoms with van der Waals surface area (Å²) in [4.78, 5) is 23.0. The van der Waals surface area contributed by atoms with Crippen molar-refractivity contribution in [1.29, 1.82) is 5.26 Å². The molecule has 21 heavy (non-hydrogen) atoms. The molecule has 0 radical (unpaired) electrons. The summed E-state index contributed by atoms with van der Waals surface area (Å²) in [6, 6.07) is 7.37. The van der Waals surface area contributed by atoms with Gasteiger partial charge in [0.1, 0.15) is 6.04 Å². The van der Waals surface area contributed by atoms with Crippen LogP contribution in [0.5, 0.6) is 0 Å². The number of carbonyl (C=O) groups excluding carboxylic acids is 1. The minimum atomic E-state index is -1.05. The van der Waals surface area contributed by atoms with Crippen molar-refractivity contribution in [2.45, 2.75) is 32.7 Å². The SMILES string of the molecule is CCC(C)C(NC(=O)Nc1ccc(CC#N)cc1)C(=O)O. The third kappa shape index (κ3) is 5.15. The summed E-state index contributed by atoms with van der Waals surface area (Å²) in [6.07, 6.45) is 0.960. The van der Waals surface area contributed by atoms with Crippen molar-refractivity contribution in [2.75, 3.05) is 5.32 Å². The number of carbonyl (C=O) groups is 2. The van der Waals surface area contributed by atoms with Crippen molar-refractivity contribution in [3.8, 4) is 6.07 Å². The molecule has 0 aromatic heterocycles. The molecule has 3 N–H and O–H groups in total. The lowest BCUT2D eigenvalue weighted by atomic mass is 9.99. The van der Waals surface area contributed by atoms with E-state index in [0.717, 1.165) is 5.56 Å². The zero-order valence-electron chi connectivity index (χ0n) is 12.1. The van der Waals surface area contributed by atoms with E-state index >= 15 is 0 Å². The molecule has 6 heteroatoms. The Morgan fingerprint density at radius 1 is 1.33 bits per heavy atom. The fraction of sp³-hybridized carbons (Fsp3) is 0.400. The lowest BCUT2D eigenvalue weighted by Crippen LogP contribution is -2.46. The molecule has 0 spiro atoms. The normalized spacial score (nSPS) is 12.8. The second-order valence-corrected chi connectivity index (χ2v) is 4.83. The molecule has 6 nitrogen and oxygen atoms in total. The number of aliphatic carboxylic acids is 1. The van der Waals surface area contributed by atoms with Gasteiger partial charge < -0.3 is 15.7 Å². The second-order valence-electron chi connectivity index (χ2n) is 4.83. The average molecular weight is 289 g/mol. The summed E-state index contributed by atoms with van der Waals surface area (Å²) in [7, 11) is 0. The number of hydrogen-bond donors (Lipinski definition) is 3. The monoisotopic (exact) mass is 289 g/mol. The van der Waals surface area contributed by atoms with Gasteiger partial charge in [-0.3, -0.25) is 0 Å². The van der Waals surface area contributed by atoms with Gasteiger partial charge in [-0.15, -0.1) is 0 Å². The van der Waals surface area contributed by atoms with Crippen LogP contribution in [0.4, 0.5) is 10.5 Å². The van der Waals surface area contributed by atoms with E-state index in [2.05, 4.69) is 10.6 Å². The van der Waals surface area contributed by atoms with Gasteiger partial charge in [0.25, 0.3) is 0 Å². The molecule has 0 saturated carbocycles. The maximum atomic E-state index is 11.8. The number of urea groups is 1. The molecule has 1 aromatic rings. The zero-order valence-corrected chi connectivity index (χ0v) is 12.1. The number of carboxylic acids is 1. The Balaban J connectivity index is 2.63. The molecule has 2 unspecified atom stereocenters. The Kier molecular flexibility index (Phi) is 6.21. The summed E-state index contributed by atoms with van der Waals surface area (Å²) < 4.78 is 0. The van der Waals surface area contributed by atoms with Crippen molar-refractivity contribution < 1.29 is 14.7 Å². The Morgan fingerprint density at radius 2 is 1.95 bits per heavy atom. The first-order valence-electron chi connectivity index (χ1n) is 6.74.